The van der Waals surface area contributed by atoms with Crippen molar-refractivity contribution >= 4 is 0 Å². The Morgan fingerprint density at radius 3 is 2.73 bits per heavy atom. The van der Waals surface area contributed by atoms with E-state index in [2.05, 4.69) is 13.0 Å². The summed E-state index contributed by atoms with van der Waals surface area (Å²) in [4.78, 5) is 0. The standard InChI is InChI=1S/C10H17F/c1-7-4-5-8(2)9(3)10(11)6-7/h5,7,9-10H,4,6H2,1-3H3. The van der Waals surface area contributed by atoms with Crippen molar-refractivity contribution in [2.75, 3.05) is 0 Å². The molecule has 0 heterocycles. The minimum atomic E-state index is -0.622. The maximum atomic E-state index is 13.3. The van der Waals surface area contributed by atoms with Crippen molar-refractivity contribution < 1.29 is 4.39 Å². The molecule has 1 aliphatic rings. The van der Waals surface area contributed by atoms with Gasteiger partial charge in [-0.15, -0.1) is 0 Å². The van der Waals surface area contributed by atoms with Crippen LogP contribution < -0.4 is 0 Å². The van der Waals surface area contributed by atoms with Gasteiger partial charge >= 0.3 is 0 Å². The predicted octanol–water partition coefficient (Wildman–Crippen LogP) is 3.34. The molecule has 1 rings (SSSR count). The topological polar surface area (TPSA) is 0 Å². The monoisotopic (exact) mass is 156 g/mol. The molecule has 11 heavy (non-hydrogen) atoms. The van der Waals surface area contributed by atoms with E-state index in [0.29, 0.717) is 5.92 Å². The fourth-order valence-corrected chi connectivity index (χ4v) is 1.54. The number of hydrogen-bond acceptors (Lipinski definition) is 0. The van der Waals surface area contributed by atoms with Crippen LogP contribution in [0.2, 0.25) is 0 Å². The zero-order valence-electron chi connectivity index (χ0n) is 7.60. The van der Waals surface area contributed by atoms with Crippen molar-refractivity contribution in [2.24, 2.45) is 11.8 Å². The maximum absolute atomic E-state index is 13.3. The van der Waals surface area contributed by atoms with Gasteiger partial charge in [0.25, 0.3) is 0 Å². The Bertz CT molecular complexity index is 160. The lowest BCUT2D eigenvalue weighted by Gasteiger charge is -2.15. The molecule has 1 aliphatic carbocycles. The van der Waals surface area contributed by atoms with E-state index in [1.165, 1.54) is 5.57 Å². The number of halogens is 1. The van der Waals surface area contributed by atoms with Crippen LogP contribution in [-0.4, -0.2) is 6.17 Å². The first kappa shape index (κ1) is 8.76. The molecule has 64 valence electrons. The number of alkyl halides is 1. The molecule has 0 saturated heterocycles. The van der Waals surface area contributed by atoms with Crippen LogP contribution in [0.4, 0.5) is 4.39 Å². The summed E-state index contributed by atoms with van der Waals surface area (Å²) >= 11 is 0. The maximum Gasteiger partial charge on any atom is 0.107 e. The lowest BCUT2D eigenvalue weighted by Crippen LogP contribution is -2.14. The summed E-state index contributed by atoms with van der Waals surface area (Å²) in [6.07, 6.45) is 3.35. The van der Waals surface area contributed by atoms with Crippen LogP contribution in [0.25, 0.3) is 0 Å². The molecule has 0 amide bonds. The Balaban J connectivity index is 2.68. The lowest BCUT2D eigenvalue weighted by atomic mass is 9.95. The van der Waals surface area contributed by atoms with E-state index >= 15 is 0 Å². The van der Waals surface area contributed by atoms with E-state index in [4.69, 9.17) is 0 Å². The molecule has 0 saturated carbocycles. The molecule has 0 N–H and O–H groups in total. The molecule has 0 bridgehead atoms. The zero-order valence-corrected chi connectivity index (χ0v) is 7.60. The van der Waals surface area contributed by atoms with Gasteiger partial charge in [0, 0.05) is 5.92 Å². The molecule has 0 aromatic carbocycles. The van der Waals surface area contributed by atoms with E-state index in [1.807, 2.05) is 13.8 Å². The third-order valence-electron chi connectivity index (χ3n) is 2.73. The Morgan fingerprint density at radius 2 is 2.09 bits per heavy atom. The van der Waals surface area contributed by atoms with Gasteiger partial charge in [-0.05, 0) is 25.7 Å². The molecule has 3 unspecified atom stereocenters. The lowest BCUT2D eigenvalue weighted by molar-refractivity contribution is 0.229. The van der Waals surface area contributed by atoms with Crippen LogP contribution in [-0.2, 0) is 0 Å². The van der Waals surface area contributed by atoms with E-state index < -0.39 is 6.17 Å². The second-order valence-electron chi connectivity index (χ2n) is 3.83. The number of rotatable bonds is 0. The highest BCUT2D eigenvalue weighted by Crippen LogP contribution is 2.28. The molecule has 0 spiro atoms. The Labute approximate surface area is 68.5 Å². The highest BCUT2D eigenvalue weighted by Gasteiger charge is 2.22. The normalized spacial score (nSPS) is 39.6. The number of hydrogen-bond donors (Lipinski definition) is 0. The summed E-state index contributed by atoms with van der Waals surface area (Å²) in [6.45, 7) is 6.14. The van der Waals surface area contributed by atoms with Gasteiger partial charge in [-0.3, -0.25) is 0 Å². The molecule has 0 radical (unpaired) electrons. The molecule has 1 heteroatoms. The van der Waals surface area contributed by atoms with Crippen molar-refractivity contribution in [3.63, 3.8) is 0 Å². The van der Waals surface area contributed by atoms with Crippen molar-refractivity contribution in [2.45, 2.75) is 39.8 Å². The van der Waals surface area contributed by atoms with E-state index in [9.17, 15) is 4.39 Å². The summed E-state index contributed by atoms with van der Waals surface area (Å²) in [5.74, 6) is 0.657. The van der Waals surface area contributed by atoms with Crippen molar-refractivity contribution in [1.82, 2.24) is 0 Å². The first-order chi connectivity index (χ1) is 5.11. The Kier molecular flexibility index (Phi) is 2.69. The minimum absolute atomic E-state index is 0.139. The van der Waals surface area contributed by atoms with E-state index in [1.54, 1.807) is 0 Å². The van der Waals surface area contributed by atoms with Crippen LogP contribution in [0, 0.1) is 11.8 Å². The van der Waals surface area contributed by atoms with Crippen molar-refractivity contribution in [3.05, 3.63) is 11.6 Å². The van der Waals surface area contributed by atoms with E-state index in [0.717, 1.165) is 12.8 Å². The van der Waals surface area contributed by atoms with Crippen LogP contribution >= 0.6 is 0 Å². The van der Waals surface area contributed by atoms with Gasteiger partial charge in [-0.2, -0.15) is 0 Å². The van der Waals surface area contributed by atoms with E-state index in [-0.39, 0.29) is 5.92 Å². The van der Waals surface area contributed by atoms with Crippen molar-refractivity contribution in [3.8, 4) is 0 Å². The third-order valence-corrected chi connectivity index (χ3v) is 2.73. The fraction of sp³-hybridized carbons (Fsp3) is 0.800. The van der Waals surface area contributed by atoms with Gasteiger partial charge in [0.1, 0.15) is 6.17 Å². The van der Waals surface area contributed by atoms with Crippen LogP contribution in [0.15, 0.2) is 11.6 Å². The summed E-state index contributed by atoms with van der Waals surface area (Å²) in [5, 5.41) is 0. The molecule has 0 aliphatic heterocycles. The van der Waals surface area contributed by atoms with Gasteiger partial charge < -0.3 is 0 Å². The van der Waals surface area contributed by atoms with Gasteiger partial charge in [0.2, 0.25) is 0 Å². The largest absolute Gasteiger partial charge is 0.247 e. The first-order valence-electron chi connectivity index (χ1n) is 4.42. The fourth-order valence-electron chi connectivity index (χ4n) is 1.54. The van der Waals surface area contributed by atoms with Crippen LogP contribution in [0.3, 0.4) is 0 Å². The zero-order chi connectivity index (χ0) is 8.43. The Morgan fingerprint density at radius 1 is 1.45 bits per heavy atom. The molecule has 0 fully saturated rings. The minimum Gasteiger partial charge on any atom is -0.247 e. The average Bonchev–Trinajstić information content (AvgIpc) is 2.05. The van der Waals surface area contributed by atoms with Crippen molar-refractivity contribution in [1.29, 1.82) is 0 Å². The SMILES string of the molecule is CC1=CCC(C)CC(F)C1C. The smallest absolute Gasteiger partial charge is 0.107 e. The molecule has 0 aromatic heterocycles. The summed E-state index contributed by atoms with van der Waals surface area (Å²) in [6, 6.07) is 0. The molecular formula is C10H17F. The second-order valence-corrected chi connectivity index (χ2v) is 3.83. The van der Waals surface area contributed by atoms with Crippen LogP contribution in [0.1, 0.15) is 33.6 Å². The highest BCUT2D eigenvalue weighted by molar-refractivity contribution is 5.07. The number of allylic oxidation sites excluding steroid dienone is 2. The highest BCUT2D eigenvalue weighted by atomic mass is 19.1. The second kappa shape index (κ2) is 3.38. The summed E-state index contributed by atoms with van der Waals surface area (Å²) in [7, 11) is 0. The predicted molar refractivity (Wildman–Crippen MR) is 46.2 cm³/mol. The molecule has 0 nitrogen and oxygen atoms in total. The quantitative estimate of drug-likeness (QED) is 0.472. The molecular weight excluding hydrogens is 139 g/mol. The summed E-state index contributed by atoms with van der Waals surface area (Å²) < 4.78 is 13.3. The average molecular weight is 156 g/mol. The first-order valence-corrected chi connectivity index (χ1v) is 4.42. The summed E-state index contributed by atoms with van der Waals surface area (Å²) in [5.41, 5.74) is 1.22. The molecule has 0 aromatic rings. The van der Waals surface area contributed by atoms with Gasteiger partial charge in [-0.1, -0.05) is 25.5 Å². The molecule has 3 atom stereocenters. The van der Waals surface area contributed by atoms with Gasteiger partial charge in [-0.25, -0.2) is 4.39 Å². The van der Waals surface area contributed by atoms with Crippen LogP contribution in [0.5, 0.6) is 0 Å². The third kappa shape index (κ3) is 2.05. The van der Waals surface area contributed by atoms with Gasteiger partial charge in [0.15, 0.2) is 0 Å². The Hall–Kier alpha value is -0.330. The van der Waals surface area contributed by atoms with Gasteiger partial charge in [0.05, 0.1) is 0 Å².